The number of hydrogen-bond donors (Lipinski definition) is 1. The van der Waals surface area contributed by atoms with E-state index in [4.69, 9.17) is 27.9 Å². The summed E-state index contributed by atoms with van der Waals surface area (Å²) in [6.45, 7) is 1.17. The van der Waals surface area contributed by atoms with E-state index in [0.29, 0.717) is 21.4 Å². The molecule has 0 aliphatic heterocycles. The van der Waals surface area contributed by atoms with Gasteiger partial charge in [-0.2, -0.15) is 0 Å². The van der Waals surface area contributed by atoms with Gasteiger partial charge in [-0.25, -0.2) is 8.42 Å². The van der Waals surface area contributed by atoms with Crippen LogP contribution in [0.5, 0.6) is 5.75 Å². The number of benzene rings is 3. The molecule has 3 aromatic carbocycles. The molecule has 0 bridgehead atoms. The molecule has 0 saturated heterocycles. The van der Waals surface area contributed by atoms with Crippen LogP contribution >= 0.6 is 23.2 Å². The van der Waals surface area contributed by atoms with Gasteiger partial charge in [-0.15, -0.1) is 0 Å². The number of anilines is 1. The SMILES string of the molecule is COc1ccc(S(=O)(=O)N(CC(=O)N(Cc2cccc(Cl)c2)[C@@H](C)C(=O)NC2CCCC2)c2ccc(Cl)cc2)cc1. The number of rotatable bonds is 11. The minimum atomic E-state index is -4.20. The highest BCUT2D eigenvalue weighted by atomic mass is 35.5. The largest absolute Gasteiger partial charge is 0.497 e. The fraction of sp³-hybridized carbons (Fsp3) is 0.333. The molecule has 3 aromatic rings. The van der Waals surface area contributed by atoms with Crippen molar-refractivity contribution >= 4 is 50.7 Å². The van der Waals surface area contributed by atoms with Gasteiger partial charge >= 0.3 is 0 Å². The normalized spacial score (nSPS) is 14.3. The van der Waals surface area contributed by atoms with Crippen molar-refractivity contribution in [3.63, 3.8) is 0 Å². The average molecular weight is 619 g/mol. The van der Waals surface area contributed by atoms with Crippen LogP contribution in [0.2, 0.25) is 10.0 Å². The predicted molar refractivity (Wildman–Crippen MR) is 161 cm³/mol. The smallest absolute Gasteiger partial charge is 0.264 e. The Balaban J connectivity index is 1.68. The van der Waals surface area contributed by atoms with E-state index in [1.54, 1.807) is 43.3 Å². The van der Waals surface area contributed by atoms with Gasteiger partial charge in [-0.3, -0.25) is 13.9 Å². The summed E-state index contributed by atoms with van der Waals surface area (Å²) in [5, 5.41) is 3.96. The van der Waals surface area contributed by atoms with E-state index < -0.39 is 28.5 Å². The number of carbonyl (C=O) groups is 2. The van der Waals surface area contributed by atoms with Gasteiger partial charge in [0.1, 0.15) is 18.3 Å². The number of carbonyl (C=O) groups excluding carboxylic acids is 2. The molecule has 8 nitrogen and oxygen atoms in total. The van der Waals surface area contributed by atoms with Crippen molar-refractivity contribution in [1.82, 2.24) is 10.2 Å². The molecule has 0 radical (unpaired) electrons. The lowest BCUT2D eigenvalue weighted by molar-refractivity contribution is -0.139. The topological polar surface area (TPSA) is 96.0 Å². The van der Waals surface area contributed by atoms with Crippen LogP contribution < -0.4 is 14.4 Å². The van der Waals surface area contributed by atoms with Gasteiger partial charge in [-0.1, -0.05) is 48.2 Å². The van der Waals surface area contributed by atoms with Crippen LogP contribution in [-0.4, -0.2) is 50.9 Å². The minimum absolute atomic E-state index is 0.0190. The molecule has 11 heteroatoms. The zero-order valence-corrected chi connectivity index (χ0v) is 25.3. The van der Waals surface area contributed by atoms with E-state index in [1.807, 2.05) is 0 Å². The van der Waals surface area contributed by atoms with Crippen LogP contribution in [0.3, 0.4) is 0 Å². The van der Waals surface area contributed by atoms with Gasteiger partial charge in [0.15, 0.2) is 0 Å². The third kappa shape index (κ3) is 7.72. The number of ether oxygens (including phenoxy) is 1. The molecule has 2 amide bonds. The molecule has 0 heterocycles. The number of nitrogens with one attached hydrogen (secondary N) is 1. The van der Waals surface area contributed by atoms with Gasteiger partial charge in [0.2, 0.25) is 11.8 Å². The van der Waals surface area contributed by atoms with E-state index in [-0.39, 0.29) is 29.1 Å². The zero-order chi connectivity index (χ0) is 29.6. The Kier molecular flexibility index (Phi) is 10.2. The van der Waals surface area contributed by atoms with Crippen molar-refractivity contribution in [1.29, 1.82) is 0 Å². The van der Waals surface area contributed by atoms with Gasteiger partial charge < -0.3 is 15.0 Å². The van der Waals surface area contributed by atoms with Gasteiger partial charge in [0.25, 0.3) is 10.0 Å². The van der Waals surface area contributed by atoms with E-state index in [1.165, 1.54) is 48.4 Å². The van der Waals surface area contributed by atoms with E-state index >= 15 is 0 Å². The van der Waals surface area contributed by atoms with Crippen LogP contribution in [0.4, 0.5) is 5.69 Å². The third-order valence-corrected chi connectivity index (χ3v) is 9.43. The quantitative estimate of drug-likeness (QED) is 0.299. The van der Waals surface area contributed by atoms with Crippen molar-refractivity contribution < 1.29 is 22.7 Å². The molecule has 0 unspecified atom stereocenters. The molecule has 0 aromatic heterocycles. The number of amides is 2. The molecule has 1 aliphatic carbocycles. The molecule has 1 atom stereocenters. The summed E-state index contributed by atoms with van der Waals surface area (Å²) in [6, 6.07) is 18.3. The summed E-state index contributed by atoms with van der Waals surface area (Å²) in [5.74, 6) is -0.345. The van der Waals surface area contributed by atoms with E-state index in [0.717, 1.165) is 30.0 Å². The van der Waals surface area contributed by atoms with Crippen molar-refractivity contribution in [2.75, 3.05) is 18.0 Å². The third-order valence-electron chi connectivity index (χ3n) is 7.15. The highest BCUT2D eigenvalue weighted by molar-refractivity contribution is 7.92. The molecule has 0 spiro atoms. The zero-order valence-electron chi connectivity index (χ0n) is 22.9. The second kappa shape index (κ2) is 13.6. The first-order valence-electron chi connectivity index (χ1n) is 13.3. The fourth-order valence-corrected chi connectivity index (χ4v) is 6.57. The molecule has 1 saturated carbocycles. The summed E-state index contributed by atoms with van der Waals surface area (Å²) >= 11 is 12.3. The fourth-order valence-electron chi connectivity index (χ4n) is 4.82. The first kappa shape index (κ1) is 30.7. The maximum atomic E-state index is 14.0. The first-order chi connectivity index (χ1) is 19.6. The van der Waals surface area contributed by atoms with E-state index in [9.17, 15) is 18.0 Å². The monoisotopic (exact) mass is 617 g/mol. The van der Waals surface area contributed by atoms with Crippen LogP contribution in [0.25, 0.3) is 0 Å². The lowest BCUT2D eigenvalue weighted by atomic mass is 10.1. The maximum absolute atomic E-state index is 14.0. The van der Waals surface area contributed by atoms with Crippen molar-refractivity contribution in [2.24, 2.45) is 0 Å². The predicted octanol–water partition coefficient (Wildman–Crippen LogP) is 5.67. The van der Waals surface area contributed by atoms with Crippen LogP contribution in [0, 0.1) is 0 Å². The molecule has 1 fully saturated rings. The Bertz CT molecular complexity index is 1460. The Morgan fingerprint density at radius 3 is 2.24 bits per heavy atom. The van der Waals surface area contributed by atoms with E-state index in [2.05, 4.69) is 5.32 Å². The minimum Gasteiger partial charge on any atom is -0.497 e. The van der Waals surface area contributed by atoms with Gasteiger partial charge in [0, 0.05) is 22.6 Å². The Morgan fingerprint density at radius 1 is 0.976 bits per heavy atom. The summed E-state index contributed by atoms with van der Waals surface area (Å²) in [4.78, 5) is 28.7. The maximum Gasteiger partial charge on any atom is 0.264 e. The highest BCUT2D eigenvalue weighted by Crippen LogP contribution is 2.27. The summed E-state index contributed by atoms with van der Waals surface area (Å²) in [6.07, 6.45) is 3.88. The summed E-state index contributed by atoms with van der Waals surface area (Å²) in [7, 11) is -2.71. The van der Waals surface area contributed by atoms with Gasteiger partial charge in [-0.05, 0) is 86.0 Å². The van der Waals surface area contributed by atoms with Gasteiger partial charge in [0.05, 0.1) is 17.7 Å². The lowest BCUT2D eigenvalue weighted by Crippen LogP contribution is -2.52. The van der Waals surface area contributed by atoms with Crippen molar-refractivity contribution in [3.8, 4) is 5.75 Å². The molecule has 218 valence electrons. The van der Waals surface area contributed by atoms with Crippen LogP contribution in [0.15, 0.2) is 77.7 Å². The number of halogens is 2. The Hall–Kier alpha value is -3.27. The van der Waals surface area contributed by atoms with Crippen molar-refractivity contribution in [3.05, 3.63) is 88.4 Å². The average Bonchev–Trinajstić information content (AvgIpc) is 3.48. The Labute approximate surface area is 251 Å². The second-order valence-corrected chi connectivity index (χ2v) is 12.7. The molecule has 1 N–H and O–H groups in total. The number of hydrogen-bond acceptors (Lipinski definition) is 5. The standard InChI is InChI=1S/C30H33Cl2N3O5S/c1-21(30(37)33-25-8-3-4-9-25)34(19-22-6-5-7-24(32)18-22)29(36)20-35(26-12-10-23(31)11-13-26)41(38,39)28-16-14-27(40-2)15-17-28/h5-7,10-18,21,25H,3-4,8-9,19-20H2,1-2H3,(H,33,37)/t21-/m0/s1. The molecular weight excluding hydrogens is 585 g/mol. The second-order valence-electron chi connectivity index (χ2n) is 9.98. The lowest BCUT2D eigenvalue weighted by Gasteiger charge is -2.32. The molecular formula is C30H33Cl2N3O5S. The number of methoxy groups -OCH3 is 1. The summed E-state index contributed by atoms with van der Waals surface area (Å²) < 4.78 is 34.0. The molecule has 1 aliphatic rings. The molecule has 4 rings (SSSR count). The Morgan fingerprint density at radius 2 is 1.63 bits per heavy atom. The highest BCUT2D eigenvalue weighted by Gasteiger charge is 2.33. The first-order valence-corrected chi connectivity index (χ1v) is 15.5. The number of sulfonamides is 1. The van der Waals surface area contributed by atoms with Crippen molar-refractivity contribution in [2.45, 2.75) is 56.1 Å². The number of nitrogens with zero attached hydrogens (tertiary/aromatic N) is 2. The summed E-state index contributed by atoms with van der Waals surface area (Å²) in [5.41, 5.74) is 0.965. The molecule has 41 heavy (non-hydrogen) atoms. The van der Waals surface area contributed by atoms with Crippen LogP contribution in [0.1, 0.15) is 38.2 Å². The van der Waals surface area contributed by atoms with Crippen LogP contribution in [-0.2, 0) is 26.2 Å².